The number of aryl methyl sites for hydroxylation is 2. The zero-order valence-corrected chi connectivity index (χ0v) is 13.9. The molecular weight excluding hydrogens is 322 g/mol. The van der Waals surface area contributed by atoms with Crippen LogP contribution in [-0.2, 0) is 14.8 Å². The van der Waals surface area contributed by atoms with Gasteiger partial charge in [0.05, 0.1) is 10.6 Å². The SMILES string of the molecule is Cc1ccc(S(=O)(=O)N(CC(=O)Cl)c2ccccc2C)cc1. The van der Waals surface area contributed by atoms with E-state index in [9.17, 15) is 13.2 Å². The molecule has 0 heterocycles. The molecule has 0 saturated heterocycles. The predicted molar refractivity (Wildman–Crippen MR) is 87.7 cm³/mol. The third-order valence-corrected chi connectivity index (χ3v) is 5.15. The quantitative estimate of drug-likeness (QED) is 0.787. The molecule has 0 spiro atoms. The highest BCUT2D eigenvalue weighted by atomic mass is 35.5. The van der Waals surface area contributed by atoms with E-state index in [2.05, 4.69) is 0 Å². The average Bonchev–Trinajstić information content (AvgIpc) is 2.46. The second kappa shape index (κ2) is 6.50. The van der Waals surface area contributed by atoms with Crippen LogP contribution in [0.2, 0.25) is 0 Å². The van der Waals surface area contributed by atoms with Gasteiger partial charge in [-0.15, -0.1) is 0 Å². The van der Waals surface area contributed by atoms with Crippen molar-refractivity contribution >= 4 is 32.6 Å². The van der Waals surface area contributed by atoms with Gasteiger partial charge in [0.1, 0.15) is 6.54 Å². The van der Waals surface area contributed by atoms with Crippen molar-refractivity contribution in [3.63, 3.8) is 0 Å². The summed E-state index contributed by atoms with van der Waals surface area (Å²) in [5.74, 6) is 0. The first-order valence-electron chi connectivity index (χ1n) is 6.66. The van der Waals surface area contributed by atoms with Gasteiger partial charge in [0, 0.05) is 0 Å². The fraction of sp³-hybridized carbons (Fsp3) is 0.188. The molecule has 0 bridgehead atoms. The second-order valence-corrected chi connectivity index (χ2v) is 7.25. The van der Waals surface area contributed by atoms with E-state index in [4.69, 9.17) is 11.6 Å². The van der Waals surface area contributed by atoms with Crippen LogP contribution in [0.15, 0.2) is 53.4 Å². The minimum absolute atomic E-state index is 0.124. The lowest BCUT2D eigenvalue weighted by atomic mass is 10.2. The number of anilines is 1. The zero-order chi connectivity index (χ0) is 16.3. The Labute approximate surface area is 135 Å². The van der Waals surface area contributed by atoms with Crippen molar-refractivity contribution in [3.05, 3.63) is 59.7 Å². The van der Waals surface area contributed by atoms with Gasteiger partial charge < -0.3 is 0 Å². The highest BCUT2D eigenvalue weighted by molar-refractivity contribution is 7.92. The second-order valence-electron chi connectivity index (χ2n) is 4.97. The van der Waals surface area contributed by atoms with E-state index in [1.807, 2.05) is 6.92 Å². The zero-order valence-electron chi connectivity index (χ0n) is 12.3. The number of carbonyl (C=O) groups excluding carboxylic acids is 1. The normalized spacial score (nSPS) is 11.2. The van der Waals surface area contributed by atoms with Gasteiger partial charge in [-0.05, 0) is 49.2 Å². The van der Waals surface area contributed by atoms with Crippen molar-refractivity contribution in [1.82, 2.24) is 0 Å². The molecule has 2 aromatic rings. The lowest BCUT2D eigenvalue weighted by Crippen LogP contribution is -2.35. The molecule has 0 atom stereocenters. The molecule has 0 fully saturated rings. The Balaban J connectivity index is 2.56. The van der Waals surface area contributed by atoms with E-state index in [1.54, 1.807) is 43.3 Å². The first kappa shape index (κ1) is 16.5. The van der Waals surface area contributed by atoms with Crippen LogP contribution in [0.25, 0.3) is 0 Å². The van der Waals surface area contributed by atoms with Gasteiger partial charge in [-0.25, -0.2) is 8.42 Å². The van der Waals surface area contributed by atoms with Crippen LogP contribution in [0.3, 0.4) is 0 Å². The number of hydrogen-bond acceptors (Lipinski definition) is 3. The Hall–Kier alpha value is -1.85. The molecule has 0 aliphatic rings. The Kier molecular flexibility index (Phi) is 4.88. The number of nitrogens with zero attached hydrogens (tertiary/aromatic N) is 1. The lowest BCUT2D eigenvalue weighted by molar-refractivity contribution is -0.110. The number of benzene rings is 2. The monoisotopic (exact) mass is 337 g/mol. The van der Waals surface area contributed by atoms with E-state index in [-0.39, 0.29) is 4.90 Å². The van der Waals surface area contributed by atoms with Gasteiger partial charge >= 0.3 is 0 Å². The largest absolute Gasteiger partial charge is 0.279 e. The Bertz CT molecular complexity index is 785. The van der Waals surface area contributed by atoms with Crippen LogP contribution in [-0.4, -0.2) is 20.2 Å². The maximum atomic E-state index is 12.8. The number of rotatable bonds is 5. The molecule has 0 saturated carbocycles. The van der Waals surface area contributed by atoms with Gasteiger partial charge in [0.25, 0.3) is 10.0 Å². The fourth-order valence-corrected chi connectivity index (χ4v) is 3.77. The Morgan fingerprint density at radius 1 is 1.05 bits per heavy atom. The van der Waals surface area contributed by atoms with Crippen molar-refractivity contribution in [2.24, 2.45) is 0 Å². The van der Waals surface area contributed by atoms with Crippen molar-refractivity contribution in [2.45, 2.75) is 18.7 Å². The molecule has 0 amide bonds. The van der Waals surface area contributed by atoms with E-state index in [0.29, 0.717) is 5.69 Å². The molecule has 0 N–H and O–H groups in total. The van der Waals surface area contributed by atoms with E-state index < -0.39 is 21.8 Å². The van der Waals surface area contributed by atoms with Crippen LogP contribution in [0.1, 0.15) is 11.1 Å². The van der Waals surface area contributed by atoms with Gasteiger partial charge in [0.15, 0.2) is 0 Å². The molecule has 4 nitrogen and oxygen atoms in total. The van der Waals surface area contributed by atoms with E-state index in [1.165, 1.54) is 12.1 Å². The van der Waals surface area contributed by atoms with Crippen LogP contribution >= 0.6 is 11.6 Å². The number of sulfonamides is 1. The summed E-state index contributed by atoms with van der Waals surface area (Å²) in [5, 5.41) is -0.737. The van der Waals surface area contributed by atoms with Gasteiger partial charge in [-0.3, -0.25) is 9.10 Å². The molecule has 0 aliphatic heterocycles. The summed E-state index contributed by atoms with van der Waals surface area (Å²) in [6.07, 6.45) is 0. The summed E-state index contributed by atoms with van der Waals surface area (Å²) >= 11 is 5.45. The third kappa shape index (κ3) is 3.48. The number of para-hydroxylation sites is 1. The number of halogens is 1. The summed E-state index contributed by atoms with van der Waals surface area (Å²) in [6.45, 7) is 3.24. The molecule has 0 radical (unpaired) electrons. The molecule has 2 aromatic carbocycles. The van der Waals surface area contributed by atoms with E-state index in [0.717, 1.165) is 15.4 Å². The number of hydrogen-bond donors (Lipinski definition) is 0. The molecule has 116 valence electrons. The van der Waals surface area contributed by atoms with Crippen LogP contribution in [0.5, 0.6) is 0 Å². The predicted octanol–water partition coefficient (Wildman–Crippen LogP) is 3.26. The highest BCUT2D eigenvalue weighted by Crippen LogP contribution is 2.26. The molecule has 0 aromatic heterocycles. The van der Waals surface area contributed by atoms with Crippen LogP contribution in [0.4, 0.5) is 5.69 Å². The average molecular weight is 338 g/mol. The minimum atomic E-state index is -3.86. The number of carbonyl (C=O) groups is 1. The summed E-state index contributed by atoms with van der Waals surface area (Å²) in [6, 6.07) is 13.4. The van der Waals surface area contributed by atoms with Gasteiger partial charge in [-0.1, -0.05) is 35.9 Å². The Morgan fingerprint density at radius 3 is 2.18 bits per heavy atom. The molecule has 6 heteroatoms. The fourth-order valence-electron chi connectivity index (χ4n) is 2.09. The summed E-state index contributed by atoms with van der Waals surface area (Å²) in [4.78, 5) is 11.5. The van der Waals surface area contributed by atoms with E-state index >= 15 is 0 Å². The molecule has 2 rings (SSSR count). The maximum Gasteiger partial charge on any atom is 0.264 e. The van der Waals surface area contributed by atoms with Crippen LogP contribution < -0.4 is 4.31 Å². The van der Waals surface area contributed by atoms with Crippen LogP contribution in [0, 0.1) is 13.8 Å². The molecule has 0 aliphatic carbocycles. The summed E-state index contributed by atoms with van der Waals surface area (Å²) in [7, 11) is -3.86. The smallest absolute Gasteiger partial charge is 0.264 e. The standard InChI is InChI=1S/C16H16ClNO3S/c1-12-7-9-14(10-8-12)22(20,21)18(11-16(17)19)15-6-4-3-5-13(15)2/h3-10H,11H2,1-2H3. The van der Waals surface area contributed by atoms with Crippen molar-refractivity contribution in [2.75, 3.05) is 10.8 Å². The molecule has 0 unspecified atom stereocenters. The van der Waals surface area contributed by atoms with Crippen molar-refractivity contribution in [3.8, 4) is 0 Å². The minimum Gasteiger partial charge on any atom is -0.279 e. The topological polar surface area (TPSA) is 54.5 Å². The highest BCUT2D eigenvalue weighted by Gasteiger charge is 2.27. The third-order valence-electron chi connectivity index (χ3n) is 3.26. The molecular formula is C16H16ClNO3S. The van der Waals surface area contributed by atoms with Gasteiger partial charge in [0.2, 0.25) is 5.24 Å². The van der Waals surface area contributed by atoms with Crippen molar-refractivity contribution in [1.29, 1.82) is 0 Å². The van der Waals surface area contributed by atoms with Crippen molar-refractivity contribution < 1.29 is 13.2 Å². The molecule has 22 heavy (non-hydrogen) atoms. The Morgan fingerprint density at radius 2 is 1.64 bits per heavy atom. The summed E-state index contributed by atoms with van der Waals surface area (Å²) < 4.78 is 26.7. The lowest BCUT2D eigenvalue weighted by Gasteiger charge is -2.24. The first-order chi connectivity index (χ1) is 10.3. The maximum absolute atomic E-state index is 12.8. The first-order valence-corrected chi connectivity index (χ1v) is 8.47. The summed E-state index contributed by atoms with van der Waals surface area (Å²) in [5.41, 5.74) is 2.14. The van der Waals surface area contributed by atoms with Gasteiger partial charge in [-0.2, -0.15) is 0 Å².